The molecule has 0 fully saturated rings. The normalized spacial score (nSPS) is 12.4. The third-order valence-corrected chi connectivity index (χ3v) is 7.68. The van der Waals surface area contributed by atoms with Gasteiger partial charge in [0.1, 0.15) is 11.8 Å². The molecule has 0 aromatic heterocycles. The fraction of sp³-hybridized carbons (Fsp3) is 0.333. The highest BCUT2D eigenvalue weighted by Gasteiger charge is 2.31. The Morgan fingerprint density at radius 3 is 2.35 bits per heavy atom. The average molecular weight is 584 g/mol. The van der Waals surface area contributed by atoms with Crippen LogP contribution in [0.1, 0.15) is 37.0 Å². The molecular formula is C30H35BrN2O3S. The lowest BCUT2D eigenvalue weighted by atomic mass is 10.0. The van der Waals surface area contributed by atoms with Gasteiger partial charge in [0, 0.05) is 29.2 Å². The van der Waals surface area contributed by atoms with Crippen molar-refractivity contribution in [3.05, 3.63) is 100 Å². The summed E-state index contributed by atoms with van der Waals surface area (Å²) >= 11 is 5.02. The van der Waals surface area contributed by atoms with E-state index in [1.54, 1.807) is 23.8 Å². The van der Waals surface area contributed by atoms with Crippen LogP contribution < -0.4 is 10.1 Å². The van der Waals surface area contributed by atoms with Crippen molar-refractivity contribution in [3.63, 3.8) is 0 Å². The first-order valence-electron chi connectivity index (χ1n) is 12.5. The molecule has 2 amide bonds. The van der Waals surface area contributed by atoms with Gasteiger partial charge in [-0.2, -0.15) is 0 Å². The molecule has 0 bridgehead atoms. The van der Waals surface area contributed by atoms with Crippen molar-refractivity contribution >= 4 is 39.5 Å². The molecule has 5 nitrogen and oxygen atoms in total. The Labute approximate surface area is 233 Å². The van der Waals surface area contributed by atoms with Gasteiger partial charge in [-0.1, -0.05) is 77.5 Å². The largest absolute Gasteiger partial charge is 0.497 e. The highest BCUT2D eigenvalue weighted by molar-refractivity contribution is 9.10. The Balaban J connectivity index is 1.86. The molecule has 0 saturated carbocycles. The van der Waals surface area contributed by atoms with Crippen LogP contribution in [0.25, 0.3) is 0 Å². The minimum atomic E-state index is -0.636. The lowest BCUT2D eigenvalue weighted by Crippen LogP contribution is -2.52. The smallest absolute Gasteiger partial charge is 0.243 e. The lowest BCUT2D eigenvalue weighted by Gasteiger charge is -2.32. The number of rotatable bonds is 13. The molecule has 0 heterocycles. The number of carbonyl (C=O) groups is 2. The van der Waals surface area contributed by atoms with Crippen LogP contribution in [0.15, 0.2) is 83.3 Å². The van der Waals surface area contributed by atoms with Crippen LogP contribution in [-0.2, 0) is 28.3 Å². The summed E-state index contributed by atoms with van der Waals surface area (Å²) in [5.41, 5.74) is 3.08. The molecule has 7 heteroatoms. The predicted molar refractivity (Wildman–Crippen MR) is 156 cm³/mol. The van der Waals surface area contributed by atoms with Gasteiger partial charge in [0.25, 0.3) is 0 Å². The summed E-state index contributed by atoms with van der Waals surface area (Å²) in [5, 5.41) is 3.11. The van der Waals surface area contributed by atoms with E-state index in [-0.39, 0.29) is 23.6 Å². The fourth-order valence-corrected chi connectivity index (χ4v) is 5.02. The molecule has 3 aromatic carbocycles. The monoisotopic (exact) mass is 582 g/mol. The van der Waals surface area contributed by atoms with E-state index in [1.807, 2.05) is 92.7 Å². The second-order valence-corrected chi connectivity index (χ2v) is 10.9. The molecule has 0 aliphatic heterocycles. The fourth-order valence-electron chi connectivity index (χ4n) is 3.88. The maximum atomic E-state index is 13.7. The molecule has 2 atom stereocenters. The number of nitrogens with zero attached hydrogens (tertiary/aromatic N) is 1. The van der Waals surface area contributed by atoms with Crippen LogP contribution in [0, 0.1) is 0 Å². The van der Waals surface area contributed by atoms with Crippen molar-refractivity contribution < 1.29 is 14.3 Å². The molecule has 0 aliphatic carbocycles. The van der Waals surface area contributed by atoms with E-state index < -0.39 is 6.04 Å². The molecule has 0 radical (unpaired) electrons. The molecule has 37 heavy (non-hydrogen) atoms. The summed E-state index contributed by atoms with van der Waals surface area (Å²) < 4.78 is 6.43. The summed E-state index contributed by atoms with van der Waals surface area (Å²) in [6.45, 7) is 4.34. The van der Waals surface area contributed by atoms with E-state index in [0.29, 0.717) is 18.7 Å². The van der Waals surface area contributed by atoms with Crippen molar-refractivity contribution in [2.45, 2.75) is 51.1 Å². The first-order chi connectivity index (χ1) is 17.9. The van der Waals surface area contributed by atoms with E-state index in [9.17, 15) is 9.59 Å². The van der Waals surface area contributed by atoms with E-state index in [0.717, 1.165) is 33.3 Å². The number of ether oxygens (including phenoxy) is 1. The standard InChI is InChI=1S/C30H35BrN2O3S/c1-4-22(2)32-30(35)28(18-23-9-6-5-7-10-23)33(19-25-11-8-12-27(17-25)36-3)29(34)21-37-20-24-13-15-26(31)16-14-24/h5-17,22,28H,4,18-21H2,1-3H3,(H,32,35)/t22-,28-/m1/s1. The van der Waals surface area contributed by atoms with Crippen LogP contribution in [0.4, 0.5) is 0 Å². The van der Waals surface area contributed by atoms with Gasteiger partial charge in [-0.25, -0.2) is 0 Å². The van der Waals surface area contributed by atoms with Gasteiger partial charge in [-0.05, 0) is 54.3 Å². The molecule has 0 saturated heterocycles. The Morgan fingerprint density at radius 2 is 1.68 bits per heavy atom. The van der Waals surface area contributed by atoms with E-state index >= 15 is 0 Å². The Hall–Kier alpha value is -2.77. The van der Waals surface area contributed by atoms with Crippen LogP contribution in [-0.4, -0.2) is 41.7 Å². The zero-order valence-electron chi connectivity index (χ0n) is 21.7. The maximum Gasteiger partial charge on any atom is 0.243 e. The third-order valence-electron chi connectivity index (χ3n) is 6.17. The minimum Gasteiger partial charge on any atom is -0.497 e. The molecule has 0 unspecified atom stereocenters. The average Bonchev–Trinajstić information content (AvgIpc) is 2.92. The minimum absolute atomic E-state index is 0.0197. The number of carbonyl (C=O) groups excluding carboxylic acids is 2. The van der Waals surface area contributed by atoms with Gasteiger partial charge < -0.3 is 15.0 Å². The number of hydrogen-bond acceptors (Lipinski definition) is 4. The van der Waals surface area contributed by atoms with Crippen LogP contribution in [0.5, 0.6) is 5.75 Å². The zero-order valence-corrected chi connectivity index (χ0v) is 24.1. The number of methoxy groups -OCH3 is 1. The quantitative estimate of drug-likeness (QED) is 0.259. The number of nitrogens with one attached hydrogen (secondary N) is 1. The first kappa shape index (κ1) is 28.8. The summed E-state index contributed by atoms with van der Waals surface area (Å²) in [5.74, 6) is 1.52. The summed E-state index contributed by atoms with van der Waals surface area (Å²) in [4.78, 5) is 29.0. The van der Waals surface area contributed by atoms with Gasteiger partial charge in [-0.15, -0.1) is 11.8 Å². The molecule has 1 N–H and O–H groups in total. The third kappa shape index (κ3) is 9.24. The number of hydrogen-bond donors (Lipinski definition) is 1. The predicted octanol–water partition coefficient (Wildman–Crippen LogP) is 6.25. The van der Waals surface area contributed by atoms with Crippen LogP contribution >= 0.6 is 27.7 Å². The molecule has 196 valence electrons. The van der Waals surface area contributed by atoms with Crippen molar-refractivity contribution in [3.8, 4) is 5.75 Å². The Kier molecular flexibility index (Phi) is 11.5. The first-order valence-corrected chi connectivity index (χ1v) is 14.4. The highest BCUT2D eigenvalue weighted by atomic mass is 79.9. The topological polar surface area (TPSA) is 58.6 Å². The van der Waals surface area contributed by atoms with Gasteiger partial charge in [0.05, 0.1) is 12.9 Å². The highest BCUT2D eigenvalue weighted by Crippen LogP contribution is 2.21. The summed E-state index contributed by atoms with van der Waals surface area (Å²) in [7, 11) is 1.62. The Morgan fingerprint density at radius 1 is 0.973 bits per heavy atom. The van der Waals surface area contributed by atoms with E-state index in [2.05, 4.69) is 21.2 Å². The van der Waals surface area contributed by atoms with Crippen molar-refractivity contribution in [2.75, 3.05) is 12.9 Å². The van der Waals surface area contributed by atoms with Gasteiger partial charge >= 0.3 is 0 Å². The number of thioether (sulfide) groups is 1. The van der Waals surface area contributed by atoms with Crippen LogP contribution in [0.3, 0.4) is 0 Å². The van der Waals surface area contributed by atoms with Crippen molar-refractivity contribution in [1.29, 1.82) is 0 Å². The molecule has 0 spiro atoms. The lowest BCUT2D eigenvalue weighted by molar-refractivity contribution is -0.139. The van der Waals surface area contributed by atoms with Crippen molar-refractivity contribution in [1.82, 2.24) is 10.2 Å². The van der Waals surface area contributed by atoms with Gasteiger partial charge in [0.15, 0.2) is 0 Å². The van der Waals surface area contributed by atoms with E-state index in [4.69, 9.17) is 4.74 Å². The van der Waals surface area contributed by atoms with Crippen LogP contribution in [0.2, 0.25) is 0 Å². The zero-order chi connectivity index (χ0) is 26.6. The summed E-state index contributed by atoms with van der Waals surface area (Å²) in [6.07, 6.45) is 1.26. The maximum absolute atomic E-state index is 13.7. The van der Waals surface area contributed by atoms with E-state index in [1.165, 1.54) is 0 Å². The van der Waals surface area contributed by atoms with Gasteiger partial charge in [-0.3, -0.25) is 9.59 Å². The molecule has 3 aromatic rings. The molecule has 0 aliphatic rings. The summed E-state index contributed by atoms with van der Waals surface area (Å²) in [6, 6.07) is 25.0. The number of halogens is 1. The molecule has 3 rings (SSSR count). The molecular weight excluding hydrogens is 548 g/mol. The Bertz CT molecular complexity index is 1140. The second-order valence-electron chi connectivity index (χ2n) is 9.02. The second kappa shape index (κ2) is 14.8. The van der Waals surface area contributed by atoms with Gasteiger partial charge in [0.2, 0.25) is 11.8 Å². The van der Waals surface area contributed by atoms with Crippen molar-refractivity contribution in [2.24, 2.45) is 0 Å². The SMILES string of the molecule is CC[C@@H](C)NC(=O)[C@@H](Cc1ccccc1)N(Cc1cccc(OC)c1)C(=O)CSCc1ccc(Br)cc1. The number of amides is 2. The number of benzene rings is 3.